The summed E-state index contributed by atoms with van der Waals surface area (Å²) in [5.74, 6) is 0.964. The fraction of sp³-hybridized carbons (Fsp3) is 0.385. The van der Waals surface area contributed by atoms with Gasteiger partial charge in [0.25, 0.3) is 0 Å². The van der Waals surface area contributed by atoms with Gasteiger partial charge < -0.3 is 9.88 Å². The number of rotatable bonds is 12. The van der Waals surface area contributed by atoms with Crippen LogP contribution in [0.15, 0.2) is 65.8 Å². The van der Waals surface area contributed by atoms with E-state index in [4.69, 9.17) is 4.98 Å². The number of imidazole rings is 1. The maximum absolute atomic E-state index is 12.0. The summed E-state index contributed by atoms with van der Waals surface area (Å²) >= 11 is 1.71. The summed E-state index contributed by atoms with van der Waals surface area (Å²) in [4.78, 5) is 17.1. The lowest BCUT2D eigenvalue weighted by molar-refractivity contribution is -0.121. The number of hydrogen-bond donors (Lipinski definition) is 1. The molecule has 0 atom stereocenters. The number of nitrogens with one attached hydrogen (secondary N) is 1. The topological polar surface area (TPSA) is 46.9 Å². The molecular formula is C26H33N3OS. The lowest BCUT2D eigenvalue weighted by atomic mass is 10.0. The molecule has 0 radical (unpaired) electrons. The molecule has 2 aromatic carbocycles. The molecule has 0 bridgehead atoms. The van der Waals surface area contributed by atoms with Gasteiger partial charge in [0, 0.05) is 36.4 Å². The lowest BCUT2D eigenvalue weighted by Gasteiger charge is -2.11. The van der Waals surface area contributed by atoms with Crippen LogP contribution in [-0.2, 0) is 11.3 Å². The van der Waals surface area contributed by atoms with Crippen molar-refractivity contribution in [2.75, 3.05) is 12.3 Å². The highest BCUT2D eigenvalue weighted by molar-refractivity contribution is 7.99. The minimum atomic E-state index is 0.158. The Kier molecular flexibility index (Phi) is 9.22. The Morgan fingerprint density at radius 2 is 1.61 bits per heavy atom. The first kappa shape index (κ1) is 23.1. The minimum Gasteiger partial charge on any atom is -0.355 e. The van der Waals surface area contributed by atoms with Crippen LogP contribution < -0.4 is 5.32 Å². The number of thioether (sulfide) groups is 1. The van der Waals surface area contributed by atoms with Crippen molar-refractivity contribution in [3.8, 4) is 22.5 Å². The third-order valence-electron chi connectivity index (χ3n) is 5.26. The lowest BCUT2D eigenvalue weighted by Crippen LogP contribution is -2.25. The predicted molar refractivity (Wildman–Crippen MR) is 131 cm³/mol. The van der Waals surface area contributed by atoms with E-state index in [1.54, 1.807) is 11.8 Å². The van der Waals surface area contributed by atoms with Crippen molar-refractivity contribution in [3.63, 3.8) is 0 Å². The smallest absolute Gasteiger partial charge is 0.220 e. The molecule has 3 aromatic rings. The molecule has 4 nitrogen and oxygen atoms in total. The average Bonchev–Trinajstić information content (AvgIpc) is 3.19. The predicted octanol–water partition coefficient (Wildman–Crippen LogP) is 6.42. The largest absolute Gasteiger partial charge is 0.355 e. The first-order chi connectivity index (χ1) is 15.2. The first-order valence-corrected chi connectivity index (χ1v) is 12.3. The number of benzene rings is 2. The van der Waals surface area contributed by atoms with E-state index in [-0.39, 0.29) is 5.91 Å². The molecule has 1 aromatic heterocycles. The number of aromatic nitrogens is 2. The molecule has 1 heterocycles. The molecule has 0 aliphatic carbocycles. The molecule has 0 fully saturated rings. The summed E-state index contributed by atoms with van der Waals surface area (Å²) in [6.07, 6.45) is 5.14. The molecule has 0 aliphatic heterocycles. The van der Waals surface area contributed by atoms with Crippen molar-refractivity contribution in [1.82, 2.24) is 14.9 Å². The molecule has 0 saturated carbocycles. The Balaban J connectivity index is 1.71. The van der Waals surface area contributed by atoms with Crippen LogP contribution in [0.2, 0.25) is 0 Å². The monoisotopic (exact) mass is 435 g/mol. The minimum absolute atomic E-state index is 0.158. The van der Waals surface area contributed by atoms with Gasteiger partial charge in [0.05, 0.1) is 11.4 Å². The van der Waals surface area contributed by atoms with Crippen molar-refractivity contribution < 1.29 is 4.79 Å². The number of hydrogen-bond acceptors (Lipinski definition) is 3. The Bertz CT molecular complexity index is 938. The van der Waals surface area contributed by atoms with Crippen LogP contribution in [0.25, 0.3) is 22.5 Å². The number of amides is 1. The van der Waals surface area contributed by atoms with Gasteiger partial charge in [-0.2, -0.15) is 0 Å². The normalized spacial score (nSPS) is 10.9. The van der Waals surface area contributed by atoms with Crippen molar-refractivity contribution in [2.24, 2.45) is 0 Å². The van der Waals surface area contributed by atoms with Crippen LogP contribution in [0, 0.1) is 0 Å². The summed E-state index contributed by atoms with van der Waals surface area (Å²) in [6, 6.07) is 20.8. The van der Waals surface area contributed by atoms with Gasteiger partial charge in [-0.15, -0.1) is 0 Å². The zero-order chi connectivity index (χ0) is 21.9. The number of carbonyl (C=O) groups excluding carboxylic acids is 1. The second-order valence-corrected chi connectivity index (χ2v) is 8.64. The highest BCUT2D eigenvalue weighted by atomic mass is 32.2. The van der Waals surface area contributed by atoms with Gasteiger partial charge >= 0.3 is 0 Å². The van der Waals surface area contributed by atoms with Gasteiger partial charge in [0.2, 0.25) is 5.91 Å². The number of carbonyl (C=O) groups is 1. The Labute approximate surface area is 190 Å². The molecule has 164 valence electrons. The van der Waals surface area contributed by atoms with E-state index in [9.17, 15) is 4.79 Å². The molecule has 3 rings (SSSR count). The molecular weight excluding hydrogens is 402 g/mol. The fourth-order valence-corrected chi connectivity index (χ4v) is 4.57. The van der Waals surface area contributed by atoms with Crippen molar-refractivity contribution in [1.29, 1.82) is 0 Å². The fourth-order valence-electron chi connectivity index (χ4n) is 3.66. The van der Waals surface area contributed by atoms with Crippen LogP contribution in [0.3, 0.4) is 0 Å². The van der Waals surface area contributed by atoms with Crippen molar-refractivity contribution in [2.45, 2.75) is 57.7 Å². The molecule has 0 unspecified atom stereocenters. The van der Waals surface area contributed by atoms with Crippen molar-refractivity contribution in [3.05, 3.63) is 60.7 Å². The zero-order valence-corrected chi connectivity index (χ0v) is 19.5. The van der Waals surface area contributed by atoms with Gasteiger partial charge in [-0.3, -0.25) is 4.79 Å². The van der Waals surface area contributed by atoms with Crippen LogP contribution >= 0.6 is 11.8 Å². The van der Waals surface area contributed by atoms with E-state index in [0.29, 0.717) is 13.0 Å². The highest BCUT2D eigenvalue weighted by Gasteiger charge is 2.19. The second-order valence-electron chi connectivity index (χ2n) is 7.58. The molecule has 1 amide bonds. The second kappa shape index (κ2) is 12.4. The average molecular weight is 436 g/mol. The van der Waals surface area contributed by atoms with Gasteiger partial charge in [0.1, 0.15) is 0 Å². The molecule has 0 saturated heterocycles. The summed E-state index contributed by atoms with van der Waals surface area (Å²) in [5.41, 5.74) is 4.45. The Hall–Kier alpha value is -2.53. The van der Waals surface area contributed by atoms with E-state index in [1.165, 1.54) is 18.4 Å². The van der Waals surface area contributed by atoms with Crippen LogP contribution in [0.4, 0.5) is 0 Å². The van der Waals surface area contributed by atoms with E-state index < -0.39 is 0 Å². The van der Waals surface area contributed by atoms with Crippen LogP contribution in [0.5, 0.6) is 0 Å². The quantitative estimate of drug-likeness (QED) is 0.264. The Morgan fingerprint density at radius 3 is 2.26 bits per heavy atom. The van der Waals surface area contributed by atoms with Crippen LogP contribution in [-0.4, -0.2) is 27.8 Å². The van der Waals surface area contributed by atoms with Gasteiger partial charge in [-0.1, -0.05) is 98.6 Å². The third kappa shape index (κ3) is 6.47. The number of unbranched alkanes of at least 4 members (excludes halogenated alkanes) is 3. The maximum atomic E-state index is 12.0. The van der Waals surface area contributed by atoms with E-state index in [0.717, 1.165) is 47.2 Å². The molecule has 31 heavy (non-hydrogen) atoms. The van der Waals surface area contributed by atoms with Gasteiger partial charge in [-0.25, -0.2) is 4.98 Å². The first-order valence-electron chi connectivity index (χ1n) is 11.4. The standard InChI is InChI=1S/C26H33N3OS/c1-3-5-6-13-18-23(30)27-19-20-31-26-28-24(21-14-9-7-10-15-21)25(29(26)4-2)22-16-11-8-12-17-22/h7-12,14-17H,3-6,13,18-20H2,1-2H3,(H,27,30). The number of nitrogens with zero attached hydrogens (tertiary/aromatic N) is 2. The zero-order valence-electron chi connectivity index (χ0n) is 18.6. The van der Waals surface area contributed by atoms with E-state index in [1.807, 2.05) is 12.1 Å². The molecule has 5 heteroatoms. The van der Waals surface area contributed by atoms with E-state index in [2.05, 4.69) is 72.3 Å². The molecule has 0 spiro atoms. The summed E-state index contributed by atoms with van der Waals surface area (Å²) in [5, 5.41) is 4.05. The van der Waals surface area contributed by atoms with Gasteiger partial charge in [-0.05, 0) is 13.3 Å². The molecule has 0 aliphatic rings. The SMILES string of the molecule is CCCCCCC(=O)NCCSc1nc(-c2ccccc2)c(-c2ccccc2)n1CC. The Morgan fingerprint density at radius 1 is 0.935 bits per heavy atom. The van der Waals surface area contributed by atoms with Crippen LogP contribution in [0.1, 0.15) is 46.0 Å². The summed E-state index contributed by atoms with van der Waals surface area (Å²) in [7, 11) is 0. The summed E-state index contributed by atoms with van der Waals surface area (Å²) < 4.78 is 2.29. The third-order valence-corrected chi connectivity index (χ3v) is 6.23. The summed E-state index contributed by atoms with van der Waals surface area (Å²) in [6.45, 7) is 5.85. The maximum Gasteiger partial charge on any atom is 0.220 e. The molecule has 1 N–H and O–H groups in total. The van der Waals surface area contributed by atoms with Crippen molar-refractivity contribution >= 4 is 17.7 Å². The highest BCUT2D eigenvalue weighted by Crippen LogP contribution is 2.35. The van der Waals surface area contributed by atoms with Gasteiger partial charge in [0.15, 0.2) is 5.16 Å². The van der Waals surface area contributed by atoms with E-state index >= 15 is 0 Å².